The molecule has 20 heavy (non-hydrogen) atoms. The number of halogens is 1. The van der Waals surface area contributed by atoms with Gasteiger partial charge in [-0.1, -0.05) is 11.6 Å². The van der Waals surface area contributed by atoms with Gasteiger partial charge in [-0.15, -0.1) is 0 Å². The van der Waals surface area contributed by atoms with Crippen molar-refractivity contribution in [1.29, 1.82) is 5.26 Å². The Kier molecular flexibility index (Phi) is 5.48. The third-order valence-electron chi connectivity index (χ3n) is 2.97. The van der Waals surface area contributed by atoms with Gasteiger partial charge >= 0.3 is 0 Å². The van der Waals surface area contributed by atoms with Crippen molar-refractivity contribution in [3.8, 4) is 17.6 Å². The molecule has 6 heteroatoms. The molecule has 0 bridgehead atoms. The molecule has 0 spiro atoms. The zero-order valence-electron chi connectivity index (χ0n) is 11.1. The van der Waals surface area contributed by atoms with E-state index in [2.05, 4.69) is 11.4 Å². The minimum absolute atomic E-state index is 0.0903. The van der Waals surface area contributed by atoms with Gasteiger partial charge in [-0.05, 0) is 30.7 Å². The fourth-order valence-electron chi connectivity index (χ4n) is 1.98. The first kappa shape index (κ1) is 14.9. The van der Waals surface area contributed by atoms with Crippen LogP contribution in [0.3, 0.4) is 0 Å². The molecule has 1 aliphatic heterocycles. The number of nitrogens with zero attached hydrogens (tertiary/aromatic N) is 1. The van der Waals surface area contributed by atoms with Gasteiger partial charge in [0.25, 0.3) is 0 Å². The number of hydrogen-bond donors (Lipinski definition) is 2. The molecule has 1 aliphatic rings. The van der Waals surface area contributed by atoms with Gasteiger partial charge in [0.05, 0.1) is 24.3 Å². The van der Waals surface area contributed by atoms with E-state index in [1.807, 2.05) is 0 Å². The van der Waals surface area contributed by atoms with E-state index < -0.39 is 6.04 Å². The third kappa shape index (κ3) is 3.54. The maximum atomic E-state index is 9.24. The minimum atomic E-state index is -0.490. The van der Waals surface area contributed by atoms with Gasteiger partial charge in [0.2, 0.25) is 0 Å². The molecule has 0 aliphatic carbocycles. The fourth-order valence-corrected chi connectivity index (χ4v) is 2.25. The van der Waals surface area contributed by atoms with Crippen LogP contribution in [0.25, 0.3) is 0 Å². The van der Waals surface area contributed by atoms with Crippen molar-refractivity contribution < 1.29 is 14.6 Å². The number of nitriles is 1. The summed E-state index contributed by atoms with van der Waals surface area (Å²) in [5, 5.41) is 21.5. The van der Waals surface area contributed by atoms with Gasteiger partial charge in [0, 0.05) is 13.0 Å². The van der Waals surface area contributed by atoms with E-state index in [1.165, 1.54) is 0 Å². The first-order valence-corrected chi connectivity index (χ1v) is 6.97. The molecule has 2 rings (SSSR count). The molecule has 0 fully saturated rings. The predicted molar refractivity (Wildman–Crippen MR) is 75.1 cm³/mol. The molecule has 108 valence electrons. The van der Waals surface area contributed by atoms with Crippen molar-refractivity contribution in [2.24, 2.45) is 0 Å². The molecule has 1 aromatic carbocycles. The quantitative estimate of drug-likeness (QED) is 0.813. The van der Waals surface area contributed by atoms with E-state index in [9.17, 15) is 5.26 Å². The monoisotopic (exact) mass is 296 g/mol. The summed E-state index contributed by atoms with van der Waals surface area (Å²) in [5.74, 6) is 1.12. The van der Waals surface area contributed by atoms with Crippen molar-refractivity contribution >= 4 is 11.6 Å². The number of ether oxygens (including phenoxy) is 2. The number of fused-ring (bicyclic) bond motifs is 1. The largest absolute Gasteiger partial charge is 0.489 e. The second-order valence-corrected chi connectivity index (χ2v) is 4.88. The molecule has 0 amide bonds. The Morgan fingerprint density at radius 1 is 1.40 bits per heavy atom. The summed E-state index contributed by atoms with van der Waals surface area (Å²) in [6.07, 6.45) is 1.40. The highest BCUT2D eigenvalue weighted by Crippen LogP contribution is 2.39. The van der Waals surface area contributed by atoms with Crippen LogP contribution in [0.4, 0.5) is 0 Å². The van der Waals surface area contributed by atoms with Gasteiger partial charge in [-0.3, -0.25) is 5.32 Å². The van der Waals surface area contributed by atoms with Gasteiger partial charge in [0.15, 0.2) is 11.5 Å². The van der Waals surface area contributed by atoms with Gasteiger partial charge in [0.1, 0.15) is 6.04 Å². The highest BCUT2D eigenvalue weighted by atomic mass is 35.5. The number of hydrogen-bond acceptors (Lipinski definition) is 5. The topological polar surface area (TPSA) is 74.5 Å². The fraction of sp³-hybridized carbons (Fsp3) is 0.500. The maximum absolute atomic E-state index is 9.24. The molecule has 1 atom stereocenters. The smallest absolute Gasteiger partial charge is 0.179 e. The van der Waals surface area contributed by atoms with Crippen molar-refractivity contribution in [3.63, 3.8) is 0 Å². The molecule has 1 aromatic rings. The zero-order chi connectivity index (χ0) is 14.4. The van der Waals surface area contributed by atoms with Crippen LogP contribution in [0, 0.1) is 11.3 Å². The van der Waals surface area contributed by atoms with E-state index >= 15 is 0 Å². The normalized spacial score (nSPS) is 15.2. The van der Waals surface area contributed by atoms with Crippen LogP contribution in [0.2, 0.25) is 5.02 Å². The van der Waals surface area contributed by atoms with Crippen LogP contribution in [-0.2, 0) is 0 Å². The Labute approximate surface area is 123 Å². The van der Waals surface area contributed by atoms with E-state index in [4.69, 9.17) is 26.2 Å². The van der Waals surface area contributed by atoms with Crippen LogP contribution in [0.15, 0.2) is 12.1 Å². The van der Waals surface area contributed by atoms with Crippen LogP contribution >= 0.6 is 11.6 Å². The number of nitrogens with one attached hydrogen (secondary N) is 1. The highest BCUT2D eigenvalue weighted by molar-refractivity contribution is 6.32. The summed E-state index contributed by atoms with van der Waals surface area (Å²) in [6.45, 7) is 1.79. The van der Waals surface area contributed by atoms with Crippen molar-refractivity contribution in [3.05, 3.63) is 22.7 Å². The van der Waals surface area contributed by atoms with E-state index in [1.54, 1.807) is 12.1 Å². The van der Waals surface area contributed by atoms with Crippen molar-refractivity contribution in [2.75, 3.05) is 26.4 Å². The predicted octanol–water partition coefficient (Wildman–Crippen LogP) is 2.04. The SMILES string of the molecule is N#CC(NCCCO)c1cc(Cl)c2c(c1)OCCCO2. The summed E-state index contributed by atoms with van der Waals surface area (Å²) in [6, 6.07) is 5.19. The number of benzene rings is 1. The van der Waals surface area contributed by atoms with Gasteiger partial charge in [-0.25, -0.2) is 0 Å². The summed E-state index contributed by atoms with van der Waals surface area (Å²) in [4.78, 5) is 0. The maximum Gasteiger partial charge on any atom is 0.179 e. The lowest BCUT2D eigenvalue weighted by molar-refractivity contribution is 0.285. The van der Waals surface area contributed by atoms with Crippen molar-refractivity contribution in [2.45, 2.75) is 18.9 Å². The van der Waals surface area contributed by atoms with E-state index in [0.717, 1.165) is 12.0 Å². The average molecular weight is 297 g/mol. The van der Waals surface area contributed by atoms with E-state index in [0.29, 0.717) is 42.7 Å². The van der Waals surface area contributed by atoms with Crippen LogP contribution in [0.1, 0.15) is 24.4 Å². The van der Waals surface area contributed by atoms with Crippen molar-refractivity contribution in [1.82, 2.24) is 5.32 Å². The summed E-state index contributed by atoms with van der Waals surface area (Å²) in [5.41, 5.74) is 0.736. The van der Waals surface area contributed by atoms with Gasteiger partial charge < -0.3 is 14.6 Å². The zero-order valence-corrected chi connectivity index (χ0v) is 11.8. The van der Waals surface area contributed by atoms with Crippen LogP contribution in [0.5, 0.6) is 11.5 Å². The second-order valence-electron chi connectivity index (χ2n) is 4.47. The minimum Gasteiger partial charge on any atom is -0.489 e. The van der Waals surface area contributed by atoms with E-state index in [-0.39, 0.29) is 6.61 Å². The highest BCUT2D eigenvalue weighted by Gasteiger charge is 2.19. The number of aliphatic hydroxyl groups excluding tert-OH is 1. The molecule has 5 nitrogen and oxygen atoms in total. The Morgan fingerprint density at radius 2 is 2.20 bits per heavy atom. The molecule has 1 unspecified atom stereocenters. The van der Waals surface area contributed by atoms with Crippen LogP contribution in [-0.4, -0.2) is 31.5 Å². The molecule has 0 saturated carbocycles. The summed E-state index contributed by atoms with van der Waals surface area (Å²) >= 11 is 6.20. The summed E-state index contributed by atoms with van der Waals surface area (Å²) < 4.78 is 11.2. The lowest BCUT2D eigenvalue weighted by Crippen LogP contribution is -2.22. The first-order valence-electron chi connectivity index (χ1n) is 6.59. The number of aliphatic hydroxyl groups is 1. The molecule has 0 saturated heterocycles. The van der Waals surface area contributed by atoms with Gasteiger partial charge in [-0.2, -0.15) is 5.26 Å². The Bertz CT molecular complexity index is 502. The third-order valence-corrected chi connectivity index (χ3v) is 3.25. The summed E-state index contributed by atoms with van der Waals surface area (Å²) in [7, 11) is 0. The average Bonchev–Trinajstić information content (AvgIpc) is 2.69. The lowest BCUT2D eigenvalue weighted by Gasteiger charge is -2.15. The molecule has 0 radical (unpaired) electrons. The molecular formula is C14H17ClN2O3. The Hall–Kier alpha value is -1.48. The molecule has 2 N–H and O–H groups in total. The number of rotatable bonds is 5. The Balaban J connectivity index is 2.21. The molecule has 1 heterocycles. The van der Waals surface area contributed by atoms with Crippen LogP contribution < -0.4 is 14.8 Å². The lowest BCUT2D eigenvalue weighted by atomic mass is 10.1. The first-order chi connectivity index (χ1) is 9.76. The molecule has 0 aromatic heterocycles. The standard InChI is InChI=1S/C14H17ClN2O3/c15-11-7-10(12(9-16)17-3-1-4-18)8-13-14(11)20-6-2-5-19-13/h7-8,12,17-18H,1-6H2. The molecular weight excluding hydrogens is 280 g/mol. The second kappa shape index (κ2) is 7.34. The Morgan fingerprint density at radius 3 is 2.95 bits per heavy atom.